The molecule has 0 saturated carbocycles. The molecule has 0 amide bonds. The molecule has 0 aliphatic carbocycles. The molecular weight excluding hydrogens is 404 g/mol. The Morgan fingerprint density at radius 3 is 2.77 bits per heavy atom. The summed E-state index contributed by atoms with van der Waals surface area (Å²) in [4.78, 5) is 9.72. The van der Waals surface area contributed by atoms with Crippen LogP contribution in [0.1, 0.15) is 12.5 Å². The van der Waals surface area contributed by atoms with E-state index in [9.17, 15) is 0 Å². The summed E-state index contributed by atoms with van der Waals surface area (Å²) in [6.07, 6.45) is 1.49. The van der Waals surface area contributed by atoms with Crippen molar-refractivity contribution < 1.29 is 14.0 Å². The van der Waals surface area contributed by atoms with Crippen LogP contribution < -0.4 is 15.8 Å². The smallest absolute Gasteiger partial charge is 0.230 e. The molecule has 154 valence electrons. The molecule has 2 heterocycles. The number of hydrogen-bond donors (Lipinski definition) is 2. The number of nitrogens with zero attached hydrogens (tertiary/aromatic N) is 2. The van der Waals surface area contributed by atoms with E-state index in [1.54, 1.807) is 7.11 Å². The molecule has 7 nitrogen and oxygen atoms in total. The SMILES string of the molecule is COc1ccc2c(Nc3ccc(/C(C)=N/OCCN)cc3)c3c(Cl)coc3nc2c1. The average Bonchev–Trinajstić information content (AvgIpc) is 3.14. The fourth-order valence-electron chi connectivity index (χ4n) is 3.14. The summed E-state index contributed by atoms with van der Waals surface area (Å²) in [5, 5.41) is 9.66. The minimum absolute atomic E-state index is 0.387. The molecule has 0 spiro atoms. The number of benzene rings is 2. The van der Waals surface area contributed by atoms with Gasteiger partial charge in [-0.2, -0.15) is 0 Å². The zero-order valence-electron chi connectivity index (χ0n) is 16.6. The van der Waals surface area contributed by atoms with Crippen LogP contribution in [-0.4, -0.2) is 31.0 Å². The summed E-state index contributed by atoms with van der Waals surface area (Å²) >= 11 is 6.39. The number of nitrogens with two attached hydrogens (primary N) is 1. The molecule has 3 N–H and O–H groups in total. The molecular formula is C22H21ClN4O3. The highest BCUT2D eigenvalue weighted by atomic mass is 35.5. The Morgan fingerprint density at radius 1 is 1.23 bits per heavy atom. The highest BCUT2D eigenvalue weighted by molar-refractivity contribution is 6.37. The van der Waals surface area contributed by atoms with Gasteiger partial charge in [-0.1, -0.05) is 28.9 Å². The lowest BCUT2D eigenvalue weighted by molar-refractivity contribution is 0.152. The minimum atomic E-state index is 0.387. The largest absolute Gasteiger partial charge is 0.497 e. The second-order valence-electron chi connectivity index (χ2n) is 6.63. The van der Waals surface area contributed by atoms with Gasteiger partial charge in [0.1, 0.15) is 18.6 Å². The number of aromatic nitrogens is 1. The van der Waals surface area contributed by atoms with Gasteiger partial charge >= 0.3 is 0 Å². The van der Waals surface area contributed by atoms with Crippen LogP contribution >= 0.6 is 11.6 Å². The van der Waals surface area contributed by atoms with Crippen molar-refractivity contribution in [3.05, 3.63) is 59.3 Å². The van der Waals surface area contributed by atoms with Gasteiger partial charge in [0.15, 0.2) is 0 Å². The predicted molar refractivity (Wildman–Crippen MR) is 120 cm³/mol. The summed E-state index contributed by atoms with van der Waals surface area (Å²) in [5.41, 5.74) is 10.0. The molecule has 2 aromatic carbocycles. The Labute approximate surface area is 178 Å². The Bertz CT molecular complexity index is 1220. The first-order valence-electron chi connectivity index (χ1n) is 9.39. The van der Waals surface area contributed by atoms with E-state index < -0.39 is 0 Å². The number of rotatable bonds is 7. The number of pyridine rings is 1. The molecule has 2 aromatic heterocycles. The zero-order chi connectivity index (χ0) is 21.1. The van der Waals surface area contributed by atoms with Gasteiger partial charge in [0.2, 0.25) is 5.71 Å². The van der Waals surface area contributed by atoms with E-state index >= 15 is 0 Å². The van der Waals surface area contributed by atoms with Gasteiger partial charge in [-0.3, -0.25) is 0 Å². The highest BCUT2D eigenvalue weighted by Crippen LogP contribution is 2.39. The van der Waals surface area contributed by atoms with Gasteiger partial charge < -0.3 is 25.0 Å². The van der Waals surface area contributed by atoms with Crippen molar-refractivity contribution >= 4 is 50.7 Å². The van der Waals surface area contributed by atoms with E-state index in [0.29, 0.717) is 29.6 Å². The Kier molecular flexibility index (Phi) is 5.74. The maximum absolute atomic E-state index is 6.39. The lowest BCUT2D eigenvalue weighted by Gasteiger charge is -2.12. The van der Waals surface area contributed by atoms with Crippen LogP contribution in [0.2, 0.25) is 5.02 Å². The highest BCUT2D eigenvalue weighted by Gasteiger charge is 2.16. The molecule has 0 atom stereocenters. The van der Waals surface area contributed by atoms with Crippen molar-refractivity contribution in [1.82, 2.24) is 4.98 Å². The van der Waals surface area contributed by atoms with Crippen LogP contribution in [-0.2, 0) is 4.84 Å². The predicted octanol–water partition coefficient (Wildman–Crippen LogP) is 5.09. The van der Waals surface area contributed by atoms with Crippen LogP contribution in [0.4, 0.5) is 11.4 Å². The molecule has 4 rings (SSSR count). The number of anilines is 2. The molecule has 0 aliphatic rings. The Balaban J connectivity index is 1.72. The summed E-state index contributed by atoms with van der Waals surface area (Å²) in [6, 6.07) is 13.6. The molecule has 0 unspecified atom stereocenters. The third kappa shape index (κ3) is 3.90. The lowest BCUT2D eigenvalue weighted by atomic mass is 10.1. The van der Waals surface area contributed by atoms with Gasteiger partial charge in [-0.15, -0.1) is 0 Å². The number of oxime groups is 1. The van der Waals surface area contributed by atoms with Crippen LogP contribution in [0.3, 0.4) is 0 Å². The van der Waals surface area contributed by atoms with E-state index in [0.717, 1.165) is 38.9 Å². The number of nitrogens with one attached hydrogen (secondary N) is 1. The van der Waals surface area contributed by atoms with Crippen molar-refractivity contribution in [3.63, 3.8) is 0 Å². The van der Waals surface area contributed by atoms with Crippen molar-refractivity contribution in [2.45, 2.75) is 6.92 Å². The third-order valence-electron chi connectivity index (χ3n) is 4.66. The fourth-order valence-corrected chi connectivity index (χ4v) is 3.36. The molecule has 0 saturated heterocycles. The summed E-state index contributed by atoms with van der Waals surface area (Å²) < 4.78 is 10.9. The quantitative estimate of drug-likeness (QED) is 0.244. The van der Waals surface area contributed by atoms with E-state index in [2.05, 4.69) is 15.5 Å². The van der Waals surface area contributed by atoms with E-state index in [-0.39, 0.29) is 0 Å². The van der Waals surface area contributed by atoms with Crippen LogP contribution in [0, 0.1) is 0 Å². The molecule has 8 heteroatoms. The van der Waals surface area contributed by atoms with Crippen molar-refractivity contribution in [3.8, 4) is 5.75 Å². The number of methoxy groups -OCH3 is 1. The molecule has 4 aromatic rings. The van der Waals surface area contributed by atoms with Gasteiger partial charge in [0, 0.05) is 23.7 Å². The second-order valence-corrected chi connectivity index (χ2v) is 7.04. The van der Waals surface area contributed by atoms with Crippen molar-refractivity contribution in [1.29, 1.82) is 0 Å². The van der Waals surface area contributed by atoms with Gasteiger partial charge in [0.05, 0.1) is 34.4 Å². The summed E-state index contributed by atoms with van der Waals surface area (Å²) in [6.45, 7) is 2.70. The molecule has 0 fully saturated rings. The van der Waals surface area contributed by atoms with E-state index in [1.807, 2.05) is 49.4 Å². The number of halogens is 1. The zero-order valence-corrected chi connectivity index (χ0v) is 17.4. The fraction of sp³-hybridized carbons (Fsp3) is 0.182. The first-order chi connectivity index (χ1) is 14.6. The monoisotopic (exact) mass is 424 g/mol. The Hall–Kier alpha value is -3.29. The molecule has 30 heavy (non-hydrogen) atoms. The standard InChI is InChI=1S/C22H21ClN4O3/c1-13(27-30-10-9-24)14-3-5-15(6-4-14)25-21-17-8-7-16(28-2)11-19(17)26-22-20(21)18(23)12-29-22/h3-8,11-12H,9-10,24H2,1-2H3,(H,25,26)/b27-13+. The third-order valence-corrected chi connectivity index (χ3v) is 4.93. The molecule has 0 bridgehead atoms. The average molecular weight is 425 g/mol. The summed E-state index contributed by atoms with van der Waals surface area (Å²) in [5.74, 6) is 0.717. The van der Waals surface area contributed by atoms with Gasteiger partial charge in [0.25, 0.3) is 0 Å². The van der Waals surface area contributed by atoms with Crippen LogP contribution in [0.5, 0.6) is 5.75 Å². The maximum atomic E-state index is 6.39. The van der Waals surface area contributed by atoms with Gasteiger partial charge in [-0.05, 0) is 36.8 Å². The number of ether oxygens (including phenoxy) is 1. The van der Waals surface area contributed by atoms with Crippen LogP contribution in [0.15, 0.2) is 58.3 Å². The molecule has 0 radical (unpaired) electrons. The van der Waals surface area contributed by atoms with Crippen LogP contribution in [0.25, 0.3) is 22.0 Å². The maximum Gasteiger partial charge on any atom is 0.230 e. The van der Waals surface area contributed by atoms with Crippen molar-refractivity contribution in [2.24, 2.45) is 10.9 Å². The first kappa shape index (κ1) is 20.0. The van der Waals surface area contributed by atoms with E-state index in [4.69, 9.17) is 31.3 Å². The first-order valence-corrected chi connectivity index (χ1v) is 9.77. The lowest BCUT2D eigenvalue weighted by Crippen LogP contribution is -2.07. The molecule has 0 aliphatic heterocycles. The number of fused-ring (bicyclic) bond motifs is 2. The Morgan fingerprint density at radius 2 is 2.03 bits per heavy atom. The normalized spacial score (nSPS) is 11.8. The number of furan rings is 1. The van der Waals surface area contributed by atoms with E-state index in [1.165, 1.54) is 6.26 Å². The topological polar surface area (TPSA) is 94.9 Å². The second kappa shape index (κ2) is 8.61. The summed E-state index contributed by atoms with van der Waals surface area (Å²) in [7, 11) is 1.62. The van der Waals surface area contributed by atoms with Crippen molar-refractivity contribution in [2.75, 3.05) is 25.6 Å². The van der Waals surface area contributed by atoms with Gasteiger partial charge in [-0.25, -0.2) is 4.98 Å². The number of hydrogen-bond acceptors (Lipinski definition) is 7. The minimum Gasteiger partial charge on any atom is -0.497 e.